The van der Waals surface area contributed by atoms with E-state index in [0.29, 0.717) is 24.8 Å². The third kappa shape index (κ3) is 4.77. The first-order valence-electron chi connectivity index (χ1n) is 7.49. The molecule has 0 atom stereocenters. The van der Waals surface area contributed by atoms with E-state index in [1.807, 2.05) is 12.1 Å². The smallest absolute Gasteiger partial charge is 0.338 e. The molecule has 1 saturated carbocycles. The molecule has 5 heteroatoms. The molecule has 1 aliphatic rings. The number of hydrogen-bond acceptors (Lipinski definition) is 3. The van der Waals surface area contributed by atoms with Crippen LogP contribution in [0.15, 0.2) is 24.3 Å². The summed E-state index contributed by atoms with van der Waals surface area (Å²) in [4.78, 5) is 23.2. The first-order chi connectivity index (χ1) is 10.2. The topological polar surface area (TPSA) is 67.4 Å². The van der Waals surface area contributed by atoms with Crippen LogP contribution in [0.5, 0.6) is 0 Å². The van der Waals surface area contributed by atoms with E-state index < -0.39 is 0 Å². The van der Waals surface area contributed by atoms with E-state index in [-0.39, 0.29) is 12.0 Å². The van der Waals surface area contributed by atoms with Gasteiger partial charge in [-0.25, -0.2) is 9.59 Å². The molecule has 2 amide bonds. The van der Waals surface area contributed by atoms with Crippen LogP contribution in [0.1, 0.15) is 48.5 Å². The number of esters is 1. The Hall–Kier alpha value is -2.04. The minimum absolute atomic E-state index is 0.128. The molecule has 1 aromatic rings. The van der Waals surface area contributed by atoms with Crippen LogP contribution < -0.4 is 10.6 Å². The van der Waals surface area contributed by atoms with Crippen LogP contribution in [0.2, 0.25) is 0 Å². The van der Waals surface area contributed by atoms with Crippen molar-refractivity contribution in [1.29, 1.82) is 0 Å². The molecule has 0 unspecified atom stereocenters. The molecule has 0 spiro atoms. The summed E-state index contributed by atoms with van der Waals surface area (Å²) >= 11 is 0. The Morgan fingerprint density at radius 2 is 1.86 bits per heavy atom. The fraction of sp³-hybridized carbons (Fsp3) is 0.500. The van der Waals surface area contributed by atoms with Gasteiger partial charge in [0.25, 0.3) is 0 Å². The van der Waals surface area contributed by atoms with Gasteiger partial charge in [0.2, 0.25) is 0 Å². The van der Waals surface area contributed by atoms with E-state index in [9.17, 15) is 9.59 Å². The maximum Gasteiger partial charge on any atom is 0.338 e. The minimum Gasteiger partial charge on any atom is -0.462 e. The summed E-state index contributed by atoms with van der Waals surface area (Å²) in [6.07, 6.45) is 4.53. The first kappa shape index (κ1) is 15.4. The molecular weight excluding hydrogens is 268 g/mol. The maximum atomic E-state index is 11.7. The standard InChI is InChI=1S/C16H22N2O3/c1-2-21-15(19)13-9-7-12(8-10-13)11-17-16(20)18-14-5-3-4-6-14/h7-10,14H,2-6,11H2,1H3,(H2,17,18,20). The number of benzene rings is 1. The molecule has 0 radical (unpaired) electrons. The lowest BCUT2D eigenvalue weighted by Crippen LogP contribution is -2.40. The molecule has 21 heavy (non-hydrogen) atoms. The summed E-state index contributed by atoms with van der Waals surface area (Å²) < 4.78 is 4.92. The second-order valence-corrected chi connectivity index (χ2v) is 5.23. The van der Waals surface area contributed by atoms with Crippen LogP contribution >= 0.6 is 0 Å². The van der Waals surface area contributed by atoms with E-state index in [0.717, 1.165) is 18.4 Å². The molecule has 0 heterocycles. The normalized spacial score (nSPS) is 14.7. The van der Waals surface area contributed by atoms with Gasteiger partial charge in [0.05, 0.1) is 12.2 Å². The highest BCUT2D eigenvalue weighted by Crippen LogP contribution is 2.17. The van der Waals surface area contributed by atoms with Crippen molar-refractivity contribution < 1.29 is 14.3 Å². The summed E-state index contributed by atoms with van der Waals surface area (Å²) in [7, 11) is 0. The third-order valence-electron chi connectivity index (χ3n) is 3.61. The summed E-state index contributed by atoms with van der Waals surface area (Å²) in [6.45, 7) is 2.59. The lowest BCUT2D eigenvalue weighted by molar-refractivity contribution is 0.0526. The van der Waals surface area contributed by atoms with Gasteiger partial charge in [-0.05, 0) is 37.5 Å². The zero-order valence-electron chi connectivity index (χ0n) is 12.4. The van der Waals surface area contributed by atoms with Gasteiger partial charge in [-0.3, -0.25) is 0 Å². The molecule has 1 aliphatic carbocycles. The third-order valence-corrected chi connectivity index (χ3v) is 3.61. The monoisotopic (exact) mass is 290 g/mol. The van der Waals surface area contributed by atoms with E-state index >= 15 is 0 Å². The van der Waals surface area contributed by atoms with Crippen molar-refractivity contribution in [1.82, 2.24) is 10.6 Å². The van der Waals surface area contributed by atoms with Gasteiger partial charge in [-0.15, -0.1) is 0 Å². The Kier molecular flexibility index (Phi) is 5.60. The molecule has 0 aliphatic heterocycles. The summed E-state index contributed by atoms with van der Waals surface area (Å²) in [5.41, 5.74) is 1.47. The van der Waals surface area contributed by atoms with Crippen molar-refractivity contribution in [3.05, 3.63) is 35.4 Å². The van der Waals surface area contributed by atoms with Crippen LogP contribution in [0.3, 0.4) is 0 Å². The van der Waals surface area contributed by atoms with E-state index in [1.54, 1.807) is 19.1 Å². The number of urea groups is 1. The molecule has 114 valence electrons. The zero-order chi connectivity index (χ0) is 15.1. The van der Waals surface area contributed by atoms with Gasteiger partial charge >= 0.3 is 12.0 Å². The average molecular weight is 290 g/mol. The summed E-state index contributed by atoms with van der Waals surface area (Å²) in [5, 5.41) is 5.80. The number of hydrogen-bond donors (Lipinski definition) is 2. The second kappa shape index (κ2) is 7.67. The lowest BCUT2D eigenvalue weighted by Gasteiger charge is -2.13. The van der Waals surface area contributed by atoms with Crippen molar-refractivity contribution >= 4 is 12.0 Å². The van der Waals surface area contributed by atoms with Gasteiger partial charge in [0.1, 0.15) is 0 Å². The van der Waals surface area contributed by atoms with Gasteiger partial charge in [0, 0.05) is 12.6 Å². The molecule has 0 bridgehead atoms. The largest absolute Gasteiger partial charge is 0.462 e. The fourth-order valence-corrected chi connectivity index (χ4v) is 2.46. The first-order valence-corrected chi connectivity index (χ1v) is 7.49. The lowest BCUT2D eigenvalue weighted by atomic mass is 10.1. The Balaban J connectivity index is 1.77. The van der Waals surface area contributed by atoms with E-state index in [1.165, 1.54) is 12.8 Å². The van der Waals surface area contributed by atoms with Gasteiger partial charge in [0.15, 0.2) is 0 Å². The fourth-order valence-electron chi connectivity index (χ4n) is 2.46. The molecule has 2 N–H and O–H groups in total. The maximum absolute atomic E-state index is 11.7. The van der Waals surface area contributed by atoms with Crippen LogP contribution in [-0.4, -0.2) is 24.6 Å². The number of carbonyl (C=O) groups is 2. The SMILES string of the molecule is CCOC(=O)c1ccc(CNC(=O)NC2CCCC2)cc1. The minimum atomic E-state index is -0.323. The second-order valence-electron chi connectivity index (χ2n) is 5.23. The Morgan fingerprint density at radius 3 is 2.48 bits per heavy atom. The van der Waals surface area contributed by atoms with Crippen molar-refractivity contribution in [2.24, 2.45) is 0 Å². The molecule has 2 rings (SSSR count). The summed E-state index contributed by atoms with van der Waals surface area (Å²) in [6, 6.07) is 7.25. The van der Waals surface area contributed by atoms with Crippen LogP contribution in [-0.2, 0) is 11.3 Å². The number of nitrogens with one attached hydrogen (secondary N) is 2. The molecule has 5 nitrogen and oxygen atoms in total. The molecule has 0 aromatic heterocycles. The number of ether oxygens (including phenoxy) is 1. The molecule has 1 fully saturated rings. The quantitative estimate of drug-likeness (QED) is 0.819. The number of rotatable bonds is 5. The highest BCUT2D eigenvalue weighted by Gasteiger charge is 2.16. The zero-order valence-corrected chi connectivity index (χ0v) is 12.4. The van der Waals surface area contributed by atoms with Crippen molar-refractivity contribution in [3.63, 3.8) is 0 Å². The highest BCUT2D eigenvalue weighted by atomic mass is 16.5. The molecular formula is C16H22N2O3. The predicted molar refractivity (Wildman–Crippen MR) is 80.0 cm³/mol. The predicted octanol–water partition coefficient (Wildman–Crippen LogP) is 2.61. The van der Waals surface area contributed by atoms with Crippen molar-refractivity contribution in [2.75, 3.05) is 6.61 Å². The summed E-state index contributed by atoms with van der Waals surface area (Å²) in [5.74, 6) is -0.323. The van der Waals surface area contributed by atoms with Crippen molar-refractivity contribution in [2.45, 2.75) is 45.2 Å². The van der Waals surface area contributed by atoms with Crippen LogP contribution in [0, 0.1) is 0 Å². The van der Waals surface area contributed by atoms with Gasteiger partial charge < -0.3 is 15.4 Å². The highest BCUT2D eigenvalue weighted by molar-refractivity contribution is 5.89. The Morgan fingerprint density at radius 1 is 1.19 bits per heavy atom. The number of amides is 2. The van der Waals surface area contributed by atoms with E-state index in [2.05, 4.69) is 10.6 Å². The molecule has 0 saturated heterocycles. The van der Waals surface area contributed by atoms with Crippen molar-refractivity contribution in [3.8, 4) is 0 Å². The van der Waals surface area contributed by atoms with Gasteiger partial charge in [-0.1, -0.05) is 25.0 Å². The Bertz CT molecular complexity index is 479. The van der Waals surface area contributed by atoms with Gasteiger partial charge in [-0.2, -0.15) is 0 Å². The number of carbonyl (C=O) groups excluding carboxylic acids is 2. The average Bonchev–Trinajstić information content (AvgIpc) is 2.99. The van der Waals surface area contributed by atoms with E-state index in [4.69, 9.17) is 4.74 Å². The molecule has 1 aromatic carbocycles. The Labute approximate surface area is 125 Å². The van der Waals surface area contributed by atoms with Crippen LogP contribution in [0.25, 0.3) is 0 Å². The van der Waals surface area contributed by atoms with Crippen LogP contribution in [0.4, 0.5) is 4.79 Å².